The third kappa shape index (κ3) is 5.63. The van der Waals surface area contributed by atoms with Gasteiger partial charge in [0.1, 0.15) is 11.0 Å². The third-order valence-electron chi connectivity index (χ3n) is 4.82. The van der Waals surface area contributed by atoms with E-state index in [0.29, 0.717) is 6.42 Å². The van der Waals surface area contributed by atoms with E-state index in [-0.39, 0.29) is 17.7 Å². The highest BCUT2D eigenvalue weighted by molar-refractivity contribution is 6.12. The molecule has 0 amide bonds. The number of hydrogen-bond acceptors (Lipinski definition) is 5. The average molecular weight is 409 g/mol. The van der Waals surface area contributed by atoms with Gasteiger partial charge >= 0.3 is 5.97 Å². The van der Waals surface area contributed by atoms with E-state index in [4.69, 9.17) is 4.74 Å². The number of benzene rings is 2. The van der Waals surface area contributed by atoms with Crippen LogP contribution in [0.4, 0.5) is 5.69 Å². The molecule has 0 bridgehead atoms. The summed E-state index contributed by atoms with van der Waals surface area (Å²) in [4.78, 5) is 36.7. The minimum atomic E-state index is -1.43. The summed E-state index contributed by atoms with van der Waals surface area (Å²) in [6.07, 6.45) is 2.48. The van der Waals surface area contributed by atoms with Crippen LogP contribution in [0.25, 0.3) is 6.08 Å². The largest absolute Gasteiger partial charge is 0.459 e. The van der Waals surface area contributed by atoms with Gasteiger partial charge in [0.25, 0.3) is 5.69 Å². The second kappa shape index (κ2) is 9.03. The van der Waals surface area contributed by atoms with E-state index in [1.807, 2.05) is 24.3 Å². The molecule has 2 aromatic carbocycles. The van der Waals surface area contributed by atoms with Crippen molar-refractivity contribution < 1.29 is 19.2 Å². The highest BCUT2D eigenvalue weighted by Gasteiger charge is 2.44. The highest BCUT2D eigenvalue weighted by atomic mass is 16.6. The summed E-state index contributed by atoms with van der Waals surface area (Å²) in [5, 5.41) is 10.9. The topological polar surface area (TPSA) is 86.5 Å². The van der Waals surface area contributed by atoms with E-state index in [1.165, 1.54) is 24.3 Å². The molecule has 0 aliphatic heterocycles. The van der Waals surface area contributed by atoms with Crippen LogP contribution >= 0.6 is 0 Å². The zero-order valence-electron chi connectivity index (χ0n) is 17.8. The SMILES string of the molecule is C=Cc1ccc(CCC(C)(C(=O)OC(C)(C)C)C(=O)c2ccc([N+](=O)[O-])cc2)cc1. The Kier molecular flexibility index (Phi) is 6.92. The van der Waals surface area contributed by atoms with Crippen LogP contribution in [-0.4, -0.2) is 22.3 Å². The van der Waals surface area contributed by atoms with Crippen molar-refractivity contribution in [3.8, 4) is 0 Å². The molecule has 0 aromatic heterocycles. The van der Waals surface area contributed by atoms with E-state index >= 15 is 0 Å². The average Bonchev–Trinajstić information content (AvgIpc) is 2.70. The maximum absolute atomic E-state index is 13.3. The van der Waals surface area contributed by atoms with Gasteiger partial charge < -0.3 is 4.74 Å². The summed E-state index contributed by atoms with van der Waals surface area (Å²) in [6.45, 7) is 10.5. The molecule has 0 radical (unpaired) electrons. The predicted octanol–water partition coefficient (Wildman–Crippen LogP) is 5.40. The van der Waals surface area contributed by atoms with Gasteiger partial charge in [-0.1, -0.05) is 36.9 Å². The number of esters is 1. The Hall–Kier alpha value is -3.28. The maximum atomic E-state index is 13.3. The summed E-state index contributed by atoms with van der Waals surface area (Å²) < 4.78 is 5.55. The Labute approximate surface area is 176 Å². The molecule has 0 fully saturated rings. The quantitative estimate of drug-likeness (QED) is 0.191. The van der Waals surface area contributed by atoms with Crippen molar-refractivity contribution in [3.63, 3.8) is 0 Å². The lowest BCUT2D eigenvalue weighted by Gasteiger charge is -2.30. The zero-order valence-corrected chi connectivity index (χ0v) is 17.8. The Balaban J connectivity index is 2.33. The van der Waals surface area contributed by atoms with Gasteiger partial charge in [0.15, 0.2) is 5.78 Å². The highest BCUT2D eigenvalue weighted by Crippen LogP contribution is 2.32. The number of ether oxygens (including phenoxy) is 1. The van der Waals surface area contributed by atoms with Crippen LogP contribution in [0.2, 0.25) is 0 Å². The van der Waals surface area contributed by atoms with Gasteiger partial charge in [-0.2, -0.15) is 0 Å². The molecule has 0 heterocycles. The Morgan fingerprint density at radius 2 is 1.60 bits per heavy atom. The molecular formula is C24H27NO5. The van der Waals surface area contributed by atoms with Crippen LogP contribution in [0.5, 0.6) is 0 Å². The van der Waals surface area contributed by atoms with Crippen molar-refractivity contribution in [2.45, 2.75) is 46.1 Å². The van der Waals surface area contributed by atoms with Gasteiger partial charge in [0.2, 0.25) is 0 Å². The summed E-state index contributed by atoms with van der Waals surface area (Å²) in [7, 11) is 0. The maximum Gasteiger partial charge on any atom is 0.320 e. The van der Waals surface area contributed by atoms with E-state index in [0.717, 1.165) is 11.1 Å². The van der Waals surface area contributed by atoms with E-state index in [1.54, 1.807) is 33.8 Å². The molecule has 0 saturated carbocycles. The summed E-state index contributed by atoms with van der Waals surface area (Å²) in [5.41, 5.74) is -0.105. The Morgan fingerprint density at radius 1 is 1.03 bits per heavy atom. The van der Waals surface area contributed by atoms with Gasteiger partial charge in [-0.05, 0) is 63.8 Å². The molecule has 0 aliphatic rings. The number of carbonyl (C=O) groups is 2. The fraction of sp³-hybridized carbons (Fsp3) is 0.333. The second-order valence-electron chi connectivity index (χ2n) is 8.41. The lowest BCUT2D eigenvalue weighted by Crippen LogP contribution is -2.42. The molecule has 0 aliphatic carbocycles. The van der Waals surface area contributed by atoms with Crippen LogP contribution in [0.3, 0.4) is 0 Å². The fourth-order valence-corrected chi connectivity index (χ4v) is 2.97. The van der Waals surface area contributed by atoms with Crippen molar-refractivity contribution in [3.05, 3.63) is 81.9 Å². The number of nitro groups is 1. The molecule has 2 aromatic rings. The van der Waals surface area contributed by atoms with Crippen LogP contribution < -0.4 is 0 Å². The van der Waals surface area contributed by atoms with Crippen molar-refractivity contribution in [2.24, 2.45) is 5.41 Å². The second-order valence-corrected chi connectivity index (χ2v) is 8.41. The number of nitrogens with zero attached hydrogens (tertiary/aromatic N) is 1. The van der Waals surface area contributed by atoms with Crippen molar-refractivity contribution in [1.29, 1.82) is 0 Å². The standard InChI is InChI=1S/C24H27NO5/c1-6-17-7-9-18(10-8-17)15-16-24(5,22(27)30-23(2,3)4)21(26)19-11-13-20(14-12-19)25(28)29/h6-14H,1,15-16H2,2-5H3. The minimum absolute atomic E-state index is 0.118. The minimum Gasteiger partial charge on any atom is -0.459 e. The number of ketones is 1. The van der Waals surface area contributed by atoms with E-state index in [2.05, 4.69) is 6.58 Å². The van der Waals surface area contributed by atoms with Crippen LogP contribution in [-0.2, 0) is 16.0 Å². The molecule has 1 atom stereocenters. The number of aryl methyl sites for hydroxylation is 1. The molecule has 0 N–H and O–H groups in total. The summed E-state index contributed by atoms with van der Waals surface area (Å²) >= 11 is 0. The molecule has 2 rings (SSSR count). The van der Waals surface area contributed by atoms with Crippen LogP contribution in [0.1, 0.15) is 55.6 Å². The first kappa shape index (κ1) is 23.0. The van der Waals surface area contributed by atoms with Crippen molar-refractivity contribution in [2.75, 3.05) is 0 Å². The van der Waals surface area contributed by atoms with Gasteiger partial charge in [-0.25, -0.2) is 0 Å². The number of hydrogen-bond donors (Lipinski definition) is 0. The number of nitro benzene ring substituents is 1. The molecule has 158 valence electrons. The number of Topliss-reactive ketones (excluding diaryl/α,β-unsaturated/α-hetero) is 1. The van der Waals surface area contributed by atoms with E-state index in [9.17, 15) is 19.7 Å². The Bertz CT molecular complexity index is 939. The van der Waals surface area contributed by atoms with Crippen molar-refractivity contribution in [1.82, 2.24) is 0 Å². The first-order chi connectivity index (χ1) is 14.0. The zero-order chi connectivity index (χ0) is 22.5. The first-order valence-electron chi connectivity index (χ1n) is 9.70. The molecule has 6 nitrogen and oxygen atoms in total. The molecule has 1 unspecified atom stereocenters. The summed E-state index contributed by atoms with van der Waals surface area (Å²) in [6, 6.07) is 13.0. The van der Waals surface area contributed by atoms with Gasteiger partial charge in [-0.15, -0.1) is 0 Å². The molecule has 0 saturated heterocycles. The van der Waals surface area contributed by atoms with Gasteiger partial charge in [0, 0.05) is 17.7 Å². The lowest BCUT2D eigenvalue weighted by molar-refractivity contribution is -0.384. The van der Waals surface area contributed by atoms with Crippen molar-refractivity contribution >= 4 is 23.5 Å². The molecule has 6 heteroatoms. The van der Waals surface area contributed by atoms with Crippen LogP contribution in [0.15, 0.2) is 55.1 Å². The number of non-ortho nitro benzene ring substituents is 1. The smallest absolute Gasteiger partial charge is 0.320 e. The van der Waals surface area contributed by atoms with Gasteiger partial charge in [-0.3, -0.25) is 19.7 Å². The number of rotatable bonds is 8. The summed E-state index contributed by atoms with van der Waals surface area (Å²) in [5.74, 6) is -1.03. The third-order valence-corrected chi connectivity index (χ3v) is 4.82. The predicted molar refractivity (Wildman–Crippen MR) is 116 cm³/mol. The molecule has 30 heavy (non-hydrogen) atoms. The number of carbonyl (C=O) groups excluding carboxylic acids is 2. The first-order valence-corrected chi connectivity index (χ1v) is 9.70. The lowest BCUT2D eigenvalue weighted by atomic mass is 9.77. The van der Waals surface area contributed by atoms with E-state index < -0.39 is 27.7 Å². The molecule has 0 spiro atoms. The van der Waals surface area contributed by atoms with Crippen LogP contribution in [0, 0.1) is 15.5 Å². The molecular weight excluding hydrogens is 382 g/mol. The monoisotopic (exact) mass is 409 g/mol. The normalized spacial score (nSPS) is 13.2. The fourth-order valence-electron chi connectivity index (χ4n) is 2.97. The van der Waals surface area contributed by atoms with Gasteiger partial charge in [0.05, 0.1) is 4.92 Å². The Morgan fingerprint density at radius 3 is 2.07 bits per heavy atom.